The van der Waals surface area contributed by atoms with E-state index in [0.717, 1.165) is 11.3 Å². The third-order valence-electron chi connectivity index (χ3n) is 3.50. The van der Waals surface area contributed by atoms with E-state index >= 15 is 0 Å². The molecule has 0 saturated carbocycles. The Morgan fingerprint density at radius 1 is 1.33 bits per heavy atom. The molecule has 1 fully saturated rings. The number of carbonyl (C=O) groups excluding carboxylic acids is 1. The maximum atomic E-state index is 12.4. The van der Waals surface area contributed by atoms with E-state index in [1.54, 1.807) is 30.4 Å². The predicted molar refractivity (Wildman–Crippen MR) is 94.3 cm³/mol. The van der Waals surface area contributed by atoms with Crippen LogP contribution in [-0.4, -0.2) is 34.5 Å². The standard InChI is InChI=1S/C17H17N3O3S/c1-12-16(21)20(11-13-5-7-14(22-2)8-6-13)17(24-12)19-18-10-15-4-3-9-23-15/h3-10,12H,11H2,1-2H3/b18-10+,19-17?. The molecule has 124 valence electrons. The van der Waals surface area contributed by atoms with Crippen molar-refractivity contribution in [1.29, 1.82) is 0 Å². The van der Waals surface area contributed by atoms with Gasteiger partial charge in [-0.05, 0) is 36.8 Å². The number of rotatable bonds is 5. The van der Waals surface area contributed by atoms with Gasteiger partial charge in [0.1, 0.15) is 11.5 Å². The highest BCUT2D eigenvalue weighted by molar-refractivity contribution is 8.15. The summed E-state index contributed by atoms with van der Waals surface area (Å²) < 4.78 is 10.3. The van der Waals surface area contributed by atoms with Crippen molar-refractivity contribution in [2.24, 2.45) is 10.2 Å². The number of thioether (sulfide) groups is 1. The van der Waals surface area contributed by atoms with Crippen LogP contribution in [0.1, 0.15) is 18.2 Å². The highest BCUT2D eigenvalue weighted by atomic mass is 32.2. The van der Waals surface area contributed by atoms with Crippen molar-refractivity contribution in [2.75, 3.05) is 7.11 Å². The van der Waals surface area contributed by atoms with Crippen LogP contribution in [-0.2, 0) is 11.3 Å². The zero-order valence-electron chi connectivity index (χ0n) is 13.4. The van der Waals surface area contributed by atoms with Crippen LogP contribution in [0.15, 0.2) is 57.3 Å². The molecule has 1 aliphatic heterocycles. The molecule has 0 bridgehead atoms. The Morgan fingerprint density at radius 3 is 2.79 bits per heavy atom. The molecule has 0 spiro atoms. The van der Waals surface area contributed by atoms with Gasteiger partial charge in [-0.15, -0.1) is 5.10 Å². The molecule has 7 heteroatoms. The summed E-state index contributed by atoms with van der Waals surface area (Å²) in [5, 5.41) is 8.62. The summed E-state index contributed by atoms with van der Waals surface area (Å²) in [5.74, 6) is 1.43. The minimum absolute atomic E-state index is 0.0303. The number of ether oxygens (including phenoxy) is 1. The lowest BCUT2D eigenvalue weighted by Crippen LogP contribution is -2.30. The number of amidine groups is 1. The number of amides is 1. The van der Waals surface area contributed by atoms with Gasteiger partial charge in [-0.25, -0.2) is 0 Å². The van der Waals surface area contributed by atoms with E-state index in [1.807, 2.05) is 31.2 Å². The number of benzene rings is 1. The van der Waals surface area contributed by atoms with Gasteiger partial charge in [-0.1, -0.05) is 23.9 Å². The average Bonchev–Trinajstić information content (AvgIpc) is 3.20. The van der Waals surface area contributed by atoms with E-state index in [-0.39, 0.29) is 11.2 Å². The van der Waals surface area contributed by atoms with Gasteiger partial charge in [0.2, 0.25) is 5.91 Å². The molecule has 1 aliphatic rings. The maximum absolute atomic E-state index is 12.4. The fourth-order valence-electron chi connectivity index (χ4n) is 2.22. The second kappa shape index (κ2) is 7.35. The Balaban J connectivity index is 1.75. The predicted octanol–water partition coefficient (Wildman–Crippen LogP) is 3.14. The molecule has 1 unspecified atom stereocenters. The Kier molecular flexibility index (Phi) is 5.00. The minimum atomic E-state index is -0.166. The third kappa shape index (κ3) is 3.68. The van der Waals surface area contributed by atoms with Gasteiger partial charge in [-0.3, -0.25) is 9.69 Å². The Labute approximate surface area is 144 Å². The van der Waals surface area contributed by atoms with Crippen molar-refractivity contribution in [2.45, 2.75) is 18.7 Å². The summed E-state index contributed by atoms with van der Waals surface area (Å²) in [6.07, 6.45) is 3.09. The first-order valence-corrected chi connectivity index (χ1v) is 8.31. The molecule has 24 heavy (non-hydrogen) atoms. The van der Waals surface area contributed by atoms with Crippen molar-refractivity contribution in [1.82, 2.24) is 4.90 Å². The molecule has 2 aromatic rings. The summed E-state index contributed by atoms with van der Waals surface area (Å²) in [4.78, 5) is 14.0. The molecular formula is C17H17N3O3S. The van der Waals surface area contributed by atoms with E-state index in [0.29, 0.717) is 17.5 Å². The second-order valence-electron chi connectivity index (χ2n) is 5.18. The van der Waals surface area contributed by atoms with Crippen molar-refractivity contribution >= 4 is 29.1 Å². The number of nitrogens with zero attached hydrogens (tertiary/aromatic N) is 3. The summed E-state index contributed by atoms with van der Waals surface area (Å²) in [5.41, 5.74) is 1.00. The van der Waals surface area contributed by atoms with Gasteiger partial charge >= 0.3 is 0 Å². The zero-order valence-corrected chi connectivity index (χ0v) is 14.2. The fraction of sp³-hybridized carbons (Fsp3) is 0.235. The second-order valence-corrected chi connectivity index (χ2v) is 6.48. The van der Waals surface area contributed by atoms with E-state index in [4.69, 9.17) is 9.15 Å². The first kappa shape index (κ1) is 16.3. The average molecular weight is 343 g/mol. The molecule has 1 atom stereocenters. The van der Waals surface area contributed by atoms with Crippen LogP contribution in [0.3, 0.4) is 0 Å². The Morgan fingerprint density at radius 2 is 2.12 bits per heavy atom. The van der Waals surface area contributed by atoms with E-state index in [2.05, 4.69) is 10.2 Å². The number of carbonyl (C=O) groups is 1. The molecule has 0 aliphatic carbocycles. The van der Waals surface area contributed by atoms with Gasteiger partial charge in [0.25, 0.3) is 0 Å². The van der Waals surface area contributed by atoms with Crippen LogP contribution in [0.4, 0.5) is 0 Å². The molecule has 1 amide bonds. The van der Waals surface area contributed by atoms with E-state index in [9.17, 15) is 4.79 Å². The van der Waals surface area contributed by atoms with Crippen LogP contribution in [0.25, 0.3) is 0 Å². The minimum Gasteiger partial charge on any atom is -0.497 e. The Hall–Kier alpha value is -2.54. The lowest BCUT2D eigenvalue weighted by Gasteiger charge is -2.15. The molecule has 0 radical (unpaired) electrons. The monoisotopic (exact) mass is 343 g/mol. The van der Waals surface area contributed by atoms with Crippen molar-refractivity contribution < 1.29 is 13.9 Å². The van der Waals surface area contributed by atoms with Gasteiger partial charge in [-0.2, -0.15) is 5.10 Å². The lowest BCUT2D eigenvalue weighted by atomic mass is 10.2. The molecule has 1 aromatic heterocycles. The van der Waals surface area contributed by atoms with Crippen LogP contribution in [0.2, 0.25) is 0 Å². The molecule has 1 saturated heterocycles. The molecule has 3 rings (SSSR count). The van der Waals surface area contributed by atoms with Crippen LogP contribution < -0.4 is 4.74 Å². The van der Waals surface area contributed by atoms with E-state index in [1.165, 1.54) is 18.0 Å². The van der Waals surface area contributed by atoms with Crippen molar-refractivity contribution in [3.05, 3.63) is 54.0 Å². The number of methoxy groups -OCH3 is 1. The van der Waals surface area contributed by atoms with Crippen LogP contribution in [0.5, 0.6) is 5.75 Å². The normalized spacial score (nSPS) is 19.6. The number of furan rings is 1. The summed E-state index contributed by atoms with van der Waals surface area (Å²) in [6.45, 7) is 2.32. The number of hydrogen-bond donors (Lipinski definition) is 0. The highest BCUT2D eigenvalue weighted by Crippen LogP contribution is 2.28. The molecule has 6 nitrogen and oxygen atoms in total. The van der Waals surface area contributed by atoms with Crippen molar-refractivity contribution in [3.8, 4) is 5.75 Å². The van der Waals surface area contributed by atoms with Gasteiger partial charge in [0, 0.05) is 0 Å². The topological polar surface area (TPSA) is 67.4 Å². The lowest BCUT2D eigenvalue weighted by molar-refractivity contribution is -0.126. The SMILES string of the molecule is COc1ccc(CN2C(=O)C(C)SC2=N/N=C/c2ccco2)cc1. The largest absolute Gasteiger partial charge is 0.497 e. The molecular weight excluding hydrogens is 326 g/mol. The van der Waals surface area contributed by atoms with Crippen LogP contribution >= 0.6 is 11.8 Å². The molecule has 0 N–H and O–H groups in total. The first-order chi connectivity index (χ1) is 11.7. The van der Waals surface area contributed by atoms with E-state index < -0.39 is 0 Å². The number of hydrogen-bond acceptors (Lipinski definition) is 6. The summed E-state index contributed by atoms with van der Waals surface area (Å²) in [6, 6.07) is 11.2. The van der Waals surface area contributed by atoms with Crippen LogP contribution in [0, 0.1) is 0 Å². The zero-order chi connectivity index (χ0) is 16.9. The summed E-state index contributed by atoms with van der Waals surface area (Å²) in [7, 11) is 1.62. The fourth-order valence-corrected chi connectivity index (χ4v) is 3.14. The maximum Gasteiger partial charge on any atom is 0.242 e. The van der Waals surface area contributed by atoms with Gasteiger partial charge < -0.3 is 9.15 Å². The quantitative estimate of drug-likeness (QED) is 0.618. The van der Waals surface area contributed by atoms with Crippen molar-refractivity contribution in [3.63, 3.8) is 0 Å². The smallest absolute Gasteiger partial charge is 0.242 e. The third-order valence-corrected chi connectivity index (χ3v) is 4.57. The van der Waals surface area contributed by atoms with Gasteiger partial charge in [0.05, 0.1) is 31.4 Å². The molecule has 1 aromatic carbocycles. The van der Waals surface area contributed by atoms with Gasteiger partial charge in [0.15, 0.2) is 5.17 Å². The highest BCUT2D eigenvalue weighted by Gasteiger charge is 2.35. The first-order valence-electron chi connectivity index (χ1n) is 7.43. The molecule has 2 heterocycles. The summed E-state index contributed by atoms with van der Waals surface area (Å²) >= 11 is 1.40. The Bertz CT molecular complexity index is 754.